The van der Waals surface area contributed by atoms with E-state index in [4.69, 9.17) is 10.3 Å². The molecule has 0 unspecified atom stereocenters. The zero-order chi connectivity index (χ0) is 17.5. The van der Waals surface area contributed by atoms with Crippen molar-refractivity contribution in [3.05, 3.63) is 41.5 Å². The number of nitrogens with one attached hydrogen (secondary N) is 1. The van der Waals surface area contributed by atoms with Crippen LogP contribution < -0.4 is 10.5 Å². The van der Waals surface area contributed by atoms with Crippen LogP contribution in [0.25, 0.3) is 0 Å². The molecule has 0 spiro atoms. The van der Waals surface area contributed by atoms with E-state index in [1.165, 1.54) is 0 Å². The number of aryl methyl sites for hydroxylation is 2. The second-order valence-corrected chi connectivity index (χ2v) is 8.77. The molecule has 1 heterocycles. The molecule has 0 amide bonds. The van der Waals surface area contributed by atoms with Gasteiger partial charge in [-0.05, 0) is 56.2 Å². The van der Waals surface area contributed by atoms with Gasteiger partial charge >= 0.3 is 0 Å². The van der Waals surface area contributed by atoms with Crippen LogP contribution in [0.1, 0.15) is 49.4 Å². The summed E-state index contributed by atoms with van der Waals surface area (Å²) < 4.78 is 32.3. The van der Waals surface area contributed by atoms with Crippen LogP contribution in [-0.4, -0.2) is 24.6 Å². The van der Waals surface area contributed by atoms with Crippen molar-refractivity contribution in [1.82, 2.24) is 14.9 Å². The first kappa shape index (κ1) is 16.7. The van der Waals surface area contributed by atoms with Crippen molar-refractivity contribution in [2.24, 2.45) is 5.73 Å². The molecule has 4 rings (SSSR count). The summed E-state index contributed by atoms with van der Waals surface area (Å²) in [5.41, 5.74) is 6.81. The van der Waals surface area contributed by atoms with Gasteiger partial charge in [-0.2, -0.15) is 4.98 Å². The molecule has 25 heavy (non-hydrogen) atoms. The van der Waals surface area contributed by atoms with Gasteiger partial charge in [0.05, 0.1) is 10.4 Å². The van der Waals surface area contributed by atoms with E-state index in [9.17, 15) is 8.42 Å². The first-order valence-electron chi connectivity index (χ1n) is 8.68. The summed E-state index contributed by atoms with van der Waals surface area (Å²) in [6.45, 7) is 0. The minimum atomic E-state index is -3.40. The predicted octanol–water partition coefficient (Wildman–Crippen LogP) is 1.63. The Balaban J connectivity index is 1.37. The van der Waals surface area contributed by atoms with Crippen molar-refractivity contribution in [2.75, 3.05) is 0 Å². The number of hydrogen-bond acceptors (Lipinski definition) is 6. The van der Waals surface area contributed by atoms with E-state index in [2.05, 4.69) is 14.9 Å². The highest BCUT2D eigenvalue weighted by atomic mass is 32.2. The van der Waals surface area contributed by atoms with Gasteiger partial charge in [0.25, 0.3) is 0 Å². The Bertz CT molecular complexity index is 852. The number of benzene rings is 1. The van der Waals surface area contributed by atoms with Crippen molar-refractivity contribution in [1.29, 1.82) is 0 Å². The molecular formula is C17H22N4O3S. The number of sulfonamides is 1. The molecule has 0 atom stereocenters. The minimum absolute atomic E-state index is 0.109. The molecule has 2 saturated carbocycles. The molecule has 1 aromatic carbocycles. The molecule has 2 aromatic rings. The van der Waals surface area contributed by atoms with Gasteiger partial charge in [0.2, 0.25) is 15.9 Å². The monoisotopic (exact) mass is 362 g/mol. The molecule has 0 bridgehead atoms. The maximum Gasteiger partial charge on any atom is 0.240 e. The lowest BCUT2D eigenvalue weighted by molar-refractivity contribution is 0.229. The standard InChI is InChI=1S/C17H22N4O3S/c18-17(10-1-11-17)16-19-15(24-20-16)9-4-12-2-7-14(8-3-12)25(22,23)21-13-5-6-13/h2-3,7-8,13,21H,1,4-6,9-11,18H2. The smallest absolute Gasteiger partial charge is 0.240 e. The first-order valence-corrected chi connectivity index (χ1v) is 10.2. The quantitative estimate of drug-likeness (QED) is 0.774. The molecule has 3 N–H and O–H groups in total. The van der Waals surface area contributed by atoms with Crippen molar-refractivity contribution in [3.8, 4) is 0 Å². The Kier molecular flexibility index (Phi) is 4.13. The number of rotatable bonds is 7. The topological polar surface area (TPSA) is 111 Å². The fourth-order valence-corrected chi connectivity index (χ4v) is 4.22. The molecule has 1 aromatic heterocycles. The summed E-state index contributed by atoms with van der Waals surface area (Å²) in [6.07, 6.45) is 6.06. The van der Waals surface area contributed by atoms with Crippen LogP contribution in [0, 0.1) is 0 Å². The van der Waals surface area contributed by atoms with E-state index in [1.54, 1.807) is 12.1 Å². The van der Waals surface area contributed by atoms with Crippen LogP contribution in [0.4, 0.5) is 0 Å². The average molecular weight is 362 g/mol. The summed E-state index contributed by atoms with van der Waals surface area (Å²) in [4.78, 5) is 4.71. The fraction of sp³-hybridized carbons (Fsp3) is 0.529. The first-order chi connectivity index (χ1) is 11.9. The lowest BCUT2D eigenvalue weighted by Crippen LogP contribution is -2.44. The van der Waals surface area contributed by atoms with Gasteiger partial charge in [0, 0.05) is 12.5 Å². The minimum Gasteiger partial charge on any atom is -0.339 e. The van der Waals surface area contributed by atoms with Gasteiger partial charge in [-0.3, -0.25) is 0 Å². The van der Waals surface area contributed by atoms with Crippen molar-refractivity contribution >= 4 is 10.0 Å². The third-order valence-electron chi connectivity index (χ3n) is 4.92. The molecular weight excluding hydrogens is 340 g/mol. The molecule has 8 heteroatoms. The van der Waals surface area contributed by atoms with E-state index in [-0.39, 0.29) is 6.04 Å². The Labute approximate surface area is 147 Å². The molecule has 0 aliphatic heterocycles. The normalized spacial score (nSPS) is 19.6. The Morgan fingerprint density at radius 3 is 2.52 bits per heavy atom. The van der Waals surface area contributed by atoms with E-state index < -0.39 is 15.6 Å². The van der Waals surface area contributed by atoms with Crippen LogP contribution in [0.5, 0.6) is 0 Å². The molecule has 0 saturated heterocycles. The molecule has 134 valence electrons. The Morgan fingerprint density at radius 2 is 1.92 bits per heavy atom. The van der Waals surface area contributed by atoms with Crippen LogP contribution in [0.15, 0.2) is 33.7 Å². The maximum atomic E-state index is 12.1. The van der Waals surface area contributed by atoms with E-state index in [0.717, 1.165) is 37.7 Å². The summed E-state index contributed by atoms with van der Waals surface area (Å²) in [5.74, 6) is 1.17. The van der Waals surface area contributed by atoms with Gasteiger partial charge in [-0.1, -0.05) is 17.3 Å². The van der Waals surface area contributed by atoms with Gasteiger partial charge in [-0.25, -0.2) is 13.1 Å². The van der Waals surface area contributed by atoms with Crippen molar-refractivity contribution < 1.29 is 12.9 Å². The highest BCUT2D eigenvalue weighted by Gasteiger charge is 2.38. The highest BCUT2D eigenvalue weighted by Crippen LogP contribution is 2.36. The largest absolute Gasteiger partial charge is 0.339 e. The van der Waals surface area contributed by atoms with E-state index in [0.29, 0.717) is 29.5 Å². The summed E-state index contributed by atoms with van der Waals surface area (Å²) in [7, 11) is -3.40. The van der Waals surface area contributed by atoms with Crippen LogP contribution in [0.3, 0.4) is 0 Å². The third kappa shape index (κ3) is 3.61. The Hall–Kier alpha value is -1.77. The van der Waals surface area contributed by atoms with Gasteiger partial charge in [-0.15, -0.1) is 0 Å². The number of hydrogen-bond donors (Lipinski definition) is 2. The molecule has 2 aliphatic rings. The second kappa shape index (κ2) is 6.19. The fourth-order valence-electron chi connectivity index (χ4n) is 2.92. The number of nitrogens with two attached hydrogens (primary N) is 1. The van der Waals surface area contributed by atoms with Crippen LogP contribution in [0.2, 0.25) is 0 Å². The zero-order valence-electron chi connectivity index (χ0n) is 13.9. The molecule has 2 fully saturated rings. The lowest BCUT2D eigenvalue weighted by Gasteiger charge is -2.34. The average Bonchev–Trinajstić information content (AvgIpc) is 3.23. The van der Waals surface area contributed by atoms with Gasteiger partial charge < -0.3 is 10.3 Å². The van der Waals surface area contributed by atoms with E-state index in [1.807, 2.05) is 12.1 Å². The van der Waals surface area contributed by atoms with Gasteiger partial charge in [0.15, 0.2) is 5.82 Å². The number of aromatic nitrogens is 2. The Morgan fingerprint density at radius 1 is 1.20 bits per heavy atom. The summed E-state index contributed by atoms with van der Waals surface area (Å²) >= 11 is 0. The highest BCUT2D eigenvalue weighted by molar-refractivity contribution is 7.89. The van der Waals surface area contributed by atoms with Crippen molar-refractivity contribution in [2.45, 2.75) is 61.4 Å². The van der Waals surface area contributed by atoms with Gasteiger partial charge in [0.1, 0.15) is 0 Å². The second-order valence-electron chi connectivity index (χ2n) is 7.06. The summed E-state index contributed by atoms with van der Waals surface area (Å²) in [5, 5.41) is 4.00. The van der Waals surface area contributed by atoms with E-state index >= 15 is 0 Å². The van der Waals surface area contributed by atoms with Crippen LogP contribution >= 0.6 is 0 Å². The predicted molar refractivity (Wildman–Crippen MR) is 91.2 cm³/mol. The SMILES string of the molecule is NC1(c2noc(CCc3ccc(S(=O)(=O)NC4CC4)cc3)n2)CCC1. The third-order valence-corrected chi connectivity index (χ3v) is 6.46. The van der Waals surface area contributed by atoms with Crippen LogP contribution in [-0.2, 0) is 28.4 Å². The molecule has 2 aliphatic carbocycles. The molecule has 7 nitrogen and oxygen atoms in total. The summed E-state index contributed by atoms with van der Waals surface area (Å²) in [6, 6.07) is 7.05. The lowest BCUT2D eigenvalue weighted by atomic mass is 9.77. The number of nitrogens with zero attached hydrogens (tertiary/aromatic N) is 2. The molecule has 0 radical (unpaired) electrons. The zero-order valence-corrected chi connectivity index (χ0v) is 14.8. The maximum absolute atomic E-state index is 12.1. The van der Waals surface area contributed by atoms with Crippen molar-refractivity contribution in [3.63, 3.8) is 0 Å².